The number of amides is 2. The largest absolute Gasteiger partial charge is 0.399 e. The standard InChI is InChI=1S/C18H20N2O.C10H13NO/c19-17-8-5-14(6-9-17)7-10-18(21)20-12-11-15-3-1-2-4-16(15)13-20;1-11-10(12)8-7-9-5-3-2-4-6-9/h1-6,8-9H,7,10-13,19H2;2-6H,7-8H2,1H3,(H,11,12). The van der Waals surface area contributed by atoms with Gasteiger partial charge in [0.1, 0.15) is 0 Å². The maximum Gasteiger partial charge on any atom is 0.223 e. The Hall–Kier alpha value is -3.60. The molecule has 0 atom stereocenters. The van der Waals surface area contributed by atoms with Gasteiger partial charge in [0.25, 0.3) is 0 Å². The number of anilines is 1. The second-order valence-corrected chi connectivity index (χ2v) is 8.23. The van der Waals surface area contributed by atoms with Gasteiger partial charge in [-0.05, 0) is 53.6 Å². The van der Waals surface area contributed by atoms with E-state index in [0.29, 0.717) is 12.8 Å². The van der Waals surface area contributed by atoms with E-state index in [1.54, 1.807) is 7.05 Å². The van der Waals surface area contributed by atoms with E-state index in [-0.39, 0.29) is 11.8 Å². The first-order valence-electron chi connectivity index (χ1n) is 11.5. The topological polar surface area (TPSA) is 75.4 Å². The number of nitrogens with two attached hydrogens (primary N) is 1. The normalized spacial score (nSPS) is 12.2. The van der Waals surface area contributed by atoms with E-state index in [9.17, 15) is 9.59 Å². The number of nitrogens with zero attached hydrogens (tertiary/aromatic N) is 1. The predicted molar refractivity (Wildman–Crippen MR) is 134 cm³/mol. The molecule has 1 aliphatic heterocycles. The van der Waals surface area contributed by atoms with Gasteiger partial charge in [-0.3, -0.25) is 9.59 Å². The van der Waals surface area contributed by atoms with E-state index < -0.39 is 0 Å². The number of fused-ring (bicyclic) bond motifs is 1. The molecular formula is C28H33N3O2. The Morgan fingerprint density at radius 3 is 2.12 bits per heavy atom. The number of nitrogen functional groups attached to an aromatic ring is 1. The molecule has 0 spiro atoms. The van der Waals surface area contributed by atoms with Crippen molar-refractivity contribution in [1.29, 1.82) is 0 Å². The smallest absolute Gasteiger partial charge is 0.223 e. The number of carbonyl (C=O) groups is 2. The summed E-state index contributed by atoms with van der Waals surface area (Å²) >= 11 is 0. The van der Waals surface area contributed by atoms with Crippen LogP contribution >= 0.6 is 0 Å². The van der Waals surface area contributed by atoms with Crippen LogP contribution in [-0.4, -0.2) is 30.3 Å². The molecule has 3 N–H and O–H groups in total. The van der Waals surface area contributed by atoms with Gasteiger partial charge in [-0.1, -0.05) is 66.7 Å². The van der Waals surface area contributed by atoms with Crippen molar-refractivity contribution in [2.24, 2.45) is 0 Å². The summed E-state index contributed by atoms with van der Waals surface area (Å²) in [7, 11) is 1.66. The number of carbonyl (C=O) groups excluding carboxylic acids is 2. The molecule has 0 bridgehead atoms. The van der Waals surface area contributed by atoms with Crippen molar-refractivity contribution in [3.05, 3.63) is 101 Å². The van der Waals surface area contributed by atoms with Crippen LogP contribution in [0.15, 0.2) is 78.9 Å². The summed E-state index contributed by atoms with van der Waals surface area (Å²) in [4.78, 5) is 25.2. The molecule has 2 amide bonds. The zero-order valence-corrected chi connectivity index (χ0v) is 19.3. The van der Waals surface area contributed by atoms with E-state index in [1.807, 2.05) is 65.6 Å². The maximum atomic E-state index is 12.3. The average Bonchev–Trinajstić information content (AvgIpc) is 2.87. The highest BCUT2D eigenvalue weighted by Crippen LogP contribution is 2.19. The third-order valence-corrected chi connectivity index (χ3v) is 5.85. The minimum Gasteiger partial charge on any atom is -0.399 e. The summed E-state index contributed by atoms with van der Waals surface area (Å²) in [5.41, 5.74) is 11.5. The molecule has 0 saturated carbocycles. The Bertz CT molecular complexity index is 1030. The van der Waals surface area contributed by atoms with Gasteiger partial charge in [-0.25, -0.2) is 0 Å². The molecule has 0 aliphatic carbocycles. The molecule has 33 heavy (non-hydrogen) atoms. The molecule has 0 unspecified atom stereocenters. The van der Waals surface area contributed by atoms with Crippen molar-refractivity contribution in [1.82, 2.24) is 10.2 Å². The van der Waals surface area contributed by atoms with Gasteiger partial charge in [0.2, 0.25) is 11.8 Å². The van der Waals surface area contributed by atoms with Crippen molar-refractivity contribution >= 4 is 17.5 Å². The average molecular weight is 444 g/mol. The van der Waals surface area contributed by atoms with Gasteiger partial charge in [0.05, 0.1) is 0 Å². The van der Waals surface area contributed by atoms with Gasteiger partial charge in [-0.2, -0.15) is 0 Å². The summed E-state index contributed by atoms with van der Waals surface area (Å²) in [6.45, 7) is 1.58. The highest BCUT2D eigenvalue weighted by atomic mass is 16.2. The van der Waals surface area contributed by atoms with Crippen LogP contribution < -0.4 is 11.1 Å². The maximum absolute atomic E-state index is 12.3. The minimum absolute atomic E-state index is 0.0962. The molecule has 0 saturated heterocycles. The quantitative estimate of drug-likeness (QED) is 0.562. The van der Waals surface area contributed by atoms with Crippen LogP contribution in [-0.2, 0) is 35.4 Å². The molecule has 172 valence electrons. The van der Waals surface area contributed by atoms with E-state index >= 15 is 0 Å². The van der Waals surface area contributed by atoms with E-state index in [0.717, 1.165) is 43.6 Å². The van der Waals surface area contributed by atoms with Crippen molar-refractivity contribution < 1.29 is 9.59 Å². The molecule has 0 radical (unpaired) electrons. The Kier molecular flexibility index (Phi) is 9.07. The number of rotatable bonds is 6. The molecule has 4 rings (SSSR count). The lowest BCUT2D eigenvalue weighted by Crippen LogP contribution is -2.36. The van der Waals surface area contributed by atoms with Crippen LogP contribution in [0.1, 0.15) is 35.1 Å². The summed E-state index contributed by atoms with van der Waals surface area (Å²) in [5.74, 6) is 0.334. The van der Waals surface area contributed by atoms with Crippen LogP contribution in [0.25, 0.3) is 0 Å². The van der Waals surface area contributed by atoms with Gasteiger partial charge in [0, 0.05) is 38.7 Å². The highest BCUT2D eigenvalue weighted by molar-refractivity contribution is 5.77. The van der Waals surface area contributed by atoms with Crippen molar-refractivity contribution in [3.8, 4) is 0 Å². The fourth-order valence-corrected chi connectivity index (χ4v) is 3.83. The number of aryl methyl sites for hydroxylation is 2. The van der Waals surface area contributed by atoms with Crippen LogP contribution in [0.4, 0.5) is 5.69 Å². The van der Waals surface area contributed by atoms with Crippen LogP contribution in [0.3, 0.4) is 0 Å². The van der Waals surface area contributed by atoms with Crippen molar-refractivity contribution in [2.75, 3.05) is 19.3 Å². The number of hydrogen-bond acceptors (Lipinski definition) is 3. The van der Waals surface area contributed by atoms with E-state index in [2.05, 4.69) is 23.5 Å². The third-order valence-electron chi connectivity index (χ3n) is 5.85. The Morgan fingerprint density at radius 2 is 1.42 bits per heavy atom. The number of benzene rings is 3. The first kappa shape index (κ1) is 24.1. The summed E-state index contributed by atoms with van der Waals surface area (Å²) in [6, 6.07) is 26.2. The zero-order chi connectivity index (χ0) is 23.5. The van der Waals surface area contributed by atoms with E-state index in [4.69, 9.17) is 5.73 Å². The van der Waals surface area contributed by atoms with Crippen LogP contribution in [0.2, 0.25) is 0 Å². The highest BCUT2D eigenvalue weighted by Gasteiger charge is 2.19. The monoisotopic (exact) mass is 443 g/mol. The Labute approximate surface area is 196 Å². The summed E-state index contributed by atoms with van der Waals surface area (Å²) in [5, 5.41) is 2.60. The predicted octanol–water partition coefficient (Wildman–Crippen LogP) is 4.15. The molecular weight excluding hydrogens is 410 g/mol. The Balaban J connectivity index is 0.000000218. The van der Waals surface area contributed by atoms with Crippen molar-refractivity contribution in [3.63, 3.8) is 0 Å². The lowest BCUT2D eigenvalue weighted by atomic mass is 9.99. The molecule has 1 aliphatic rings. The molecule has 0 aromatic heterocycles. The van der Waals surface area contributed by atoms with Gasteiger partial charge < -0.3 is 16.0 Å². The van der Waals surface area contributed by atoms with Gasteiger partial charge in [-0.15, -0.1) is 0 Å². The van der Waals surface area contributed by atoms with Crippen LogP contribution in [0, 0.1) is 0 Å². The van der Waals surface area contributed by atoms with Crippen molar-refractivity contribution in [2.45, 2.75) is 38.6 Å². The summed E-state index contributed by atoms with van der Waals surface area (Å²) in [6.07, 6.45) is 3.69. The van der Waals surface area contributed by atoms with E-state index in [1.165, 1.54) is 16.7 Å². The fraction of sp³-hybridized carbons (Fsp3) is 0.286. The Morgan fingerprint density at radius 1 is 0.818 bits per heavy atom. The van der Waals surface area contributed by atoms with Gasteiger partial charge in [0.15, 0.2) is 0 Å². The van der Waals surface area contributed by atoms with Crippen LogP contribution in [0.5, 0.6) is 0 Å². The lowest BCUT2D eigenvalue weighted by Gasteiger charge is -2.29. The third kappa shape index (κ3) is 7.79. The molecule has 3 aromatic rings. The SMILES string of the molecule is CNC(=O)CCc1ccccc1.Nc1ccc(CCC(=O)N2CCc3ccccc3C2)cc1. The second kappa shape index (κ2) is 12.4. The number of nitrogens with one attached hydrogen (secondary N) is 1. The molecule has 0 fully saturated rings. The molecule has 3 aromatic carbocycles. The summed E-state index contributed by atoms with van der Waals surface area (Å²) < 4.78 is 0. The molecule has 5 nitrogen and oxygen atoms in total. The fourth-order valence-electron chi connectivity index (χ4n) is 3.83. The first-order valence-corrected chi connectivity index (χ1v) is 11.5. The first-order chi connectivity index (χ1) is 16.0. The molecule has 1 heterocycles. The molecule has 5 heteroatoms. The number of hydrogen-bond donors (Lipinski definition) is 2. The van der Waals surface area contributed by atoms with Gasteiger partial charge >= 0.3 is 0 Å². The second-order valence-electron chi connectivity index (χ2n) is 8.23. The minimum atomic E-state index is 0.0962. The lowest BCUT2D eigenvalue weighted by molar-refractivity contribution is -0.132. The zero-order valence-electron chi connectivity index (χ0n) is 19.3.